The van der Waals surface area contributed by atoms with Gasteiger partial charge in [0.05, 0.1) is 6.10 Å². The highest BCUT2D eigenvalue weighted by Gasteiger charge is 2.69. The number of rotatable bonds is 8. The first-order valence-corrected chi connectivity index (χ1v) is 13.5. The largest absolute Gasteiger partial charge is 0.461 e. The van der Waals surface area contributed by atoms with Crippen molar-refractivity contribution >= 4 is 17.5 Å². The third-order valence-corrected chi connectivity index (χ3v) is 10.2. The van der Waals surface area contributed by atoms with Crippen molar-refractivity contribution in [2.75, 3.05) is 6.61 Å². The highest BCUT2D eigenvalue weighted by atomic mass is 16.5. The topological polar surface area (TPSA) is 121 Å². The van der Waals surface area contributed by atoms with Gasteiger partial charge in [-0.15, -0.1) is 0 Å². The first-order valence-electron chi connectivity index (χ1n) is 13.5. The van der Waals surface area contributed by atoms with Crippen LogP contribution in [0, 0.1) is 28.6 Å². The number of carbonyl (C=O) groups is 3. The maximum absolute atomic E-state index is 12.8. The van der Waals surface area contributed by atoms with Gasteiger partial charge >= 0.3 is 5.97 Å². The first-order chi connectivity index (χ1) is 16.5. The van der Waals surface area contributed by atoms with E-state index < -0.39 is 41.0 Å². The van der Waals surface area contributed by atoms with Crippen molar-refractivity contribution in [3.63, 3.8) is 0 Å². The van der Waals surface area contributed by atoms with Crippen LogP contribution in [0.15, 0.2) is 11.6 Å². The lowest BCUT2D eigenvalue weighted by molar-refractivity contribution is -0.197. The summed E-state index contributed by atoms with van der Waals surface area (Å²) < 4.78 is 6.00. The van der Waals surface area contributed by atoms with Crippen LogP contribution < -0.4 is 0 Å². The molecule has 8 atom stereocenters. The second-order valence-corrected chi connectivity index (χ2v) is 11.9. The minimum Gasteiger partial charge on any atom is -0.461 e. The third kappa shape index (κ3) is 4.11. The van der Waals surface area contributed by atoms with E-state index in [0.29, 0.717) is 19.3 Å². The smallest absolute Gasteiger partial charge is 0.306 e. The Morgan fingerprint density at radius 2 is 1.91 bits per heavy atom. The second kappa shape index (κ2) is 9.71. The summed E-state index contributed by atoms with van der Waals surface area (Å²) in [7, 11) is 0. The Morgan fingerprint density at radius 3 is 2.60 bits per heavy atom. The van der Waals surface area contributed by atoms with Crippen molar-refractivity contribution in [1.29, 1.82) is 0 Å². The normalized spacial score (nSPS) is 42.5. The van der Waals surface area contributed by atoms with Gasteiger partial charge in [-0.25, -0.2) is 0 Å². The third-order valence-electron chi connectivity index (χ3n) is 10.2. The van der Waals surface area contributed by atoms with Crippen molar-refractivity contribution < 1.29 is 34.4 Å². The van der Waals surface area contributed by atoms with Crippen molar-refractivity contribution in [3.8, 4) is 0 Å². The molecule has 0 aromatic carbocycles. The predicted molar refractivity (Wildman–Crippen MR) is 129 cm³/mol. The van der Waals surface area contributed by atoms with E-state index in [1.165, 1.54) is 0 Å². The van der Waals surface area contributed by atoms with E-state index in [-0.39, 0.29) is 48.8 Å². The fourth-order valence-corrected chi connectivity index (χ4v) is 8.37. The van der Waals surface area contributed by atoms with Crippen LogP contribution in [0.2, 0.25) is 0 Å². The molecular formula is C28H42O7. The van der Waals surface area contributed by atoms with Gasteiger partial charge in [0.15, 0.2) is 11.6 Å². The number of Topliss-reactive ketones (excluding diaryl/α,β-unsaturated/α-hetero) is 1. The number of aliphatic hydroxyl groups excluding tert-OH is 2. The molecule has 4 aliphatic rings. The van der Waals surface area contributed by atoms with Crippen LogP contribution in [0.1, 0.15) is 91.4 Å². The second-order valence-electron chi connectivity index (χ2n) is 11.9. The lowest BCUT2D eigenvalue weighted by Gasteiger charge is -2.61. The first kappa shape index (κ1) is 26.5. The lowest BCUT2D eigenvalue weighted by Crippen LogP contribution is -2.64. The van der Waals surface area contributed by atoms with E-state index in [1.54, 1.807) is 6.08 Å². The van der Waals surface area contributed by atoms with Gasteiger partial charge in [0, 0.05) is 29.6 Å². The number of aliphatic hydroxyl groups is 3. The SMILES string of the molecule is CCCCCCC(=O)OC1CC(=O)C=C2CC[C@@H]3[C@H]([C@@H](O)C[C@@]4(C)[C@H]3CC[C@]4(O)C(=O)CO)[C@]21C. The molecule has 0 saturated heterocycles. The van der Waals surface area contributed by atoms with Crippen LogP contribution >= 0.6 is 0 Å². The highest BCUT2D eigenvalue weighted by molar-refractivity contribution is 5.92. The van der Waals surface area contributed by atoms with Crippen LogP contribution in [0.4, 0.5) is 0 Å². The standard InChI is InChI=1S/C28H42O7/c1-4-5-6-7-8-24(33)35-23-14-18(30)13-17-9-10-19-20-11-12-28(34,22(32)16-29)26(20,2)15-21(31)25(19)27(17,23)3/h13,19-21,23,25,29,31,34H,4-12,14-16H2,1-3H3/t19-,20-,21-,23?,25+,26-,27+,28-/m0/s1. The molecule has 1 unspecified atom stereocenters. The number of unbranched alkanes of at least 4 members (excludes halogenated alkanes) is 3. The summed E-state index contributed by atoms with van der Waals surface area (Å²) in [6.07, 6.45) is 7.13. The minimum atomic E-state index is -1.65. The molecule has 0 heterocycles. The molecule has 4 rings (SSSR count). The van der Waals surface area contributed by atoms with Crippen molar-refractivity contribution in [2.45, 2.75) is 109 Å². The minimum absolute atomic E-state index is 0.00204. The Bertz CT molecular complexity index is 896. The predicted octanol–water partition coefficient (Wildman–Crippen LogP) is 3.27. The van der Waals surface area contributed by atoms with Gasteiger partial charge < -0.3 is 20.1 Å². The zero-order chi connectivity index (χ0) is 25.6. The number of hydrogen-bond donors (Lipinski definition) is 3. The van der Waals surface area contributed by atoms with Crippen LogP contribution in [0.5, 0.6) is 0 Å². The van der Waals surface area contributed by atoms with Gasteiger partial charge in [0.2, 0.25) is 0 Å². The number of ketones is 2. The lowest BCUT2D eigenvalue weighted by atomic mass is 9.44. The number of esters is 1. The van der Waals surface area contributed by atoms with Crippen molar-refractivity contribution in [2.24, 2.45) is 28.6 Å². The van der Waals surface area contributed by atoms with E-state index >= 15 is 0 Å². The molecule has 3 fully saturated rings. The summed E-state index contributed by atoms with van der Waals surface area (Å²) >= 11 is 0. The zero-order valence-corrected chi connectivity index (χ0v) is 21.4. The molecule has 0 amide bonds. The Morgan fingerprint density at radius 1 is 1.17 bits per heavy atom. The summed E-state index contributed by atoms with van der Waals surface area (Å²) in [6.45, 7) is 5.31. The van der Waals surface area contributed by atoms with Crippen LogP contribution in [0.3, 0.4) is 0 Å². The number of carbonyl (C=O) groups excluding carboxylic acids is 3. The average Bonchev–Trinajstić information content (AvgIpc) is 3.08. The maximum atomic E-state index is 12.8. The van der Waals surface area contributed by atoms with E-state index in [9.17, 15) is 29.7 Å². The van der Waals surface area contributed by atoms with Gasteiger partial charge in [0.1, 0.15) is 18.3 Å². The van der Waals surface area contributed by atoms with Crippen molar-refractivity contribution in [3.05, 3.63) is 11.6 Å². The summed E-state index contributed by atoms with van der Waals surface area (Å²) in [5, 5.41) is 32.5. The van der Waals surface area contributed by atoms with E-state index in [2.05, 4.69) is 6.92 Å². The summed E-state index contributed by atoms with van der Waals surface area (Å²) in [4.78, 5) is 38.0. The molecule has 0 aliphatic heterocycles. The van der Waals surface area contributed by atoms with Crippen molar-refractivity contribution in [1.82, 2.24) is 0 Å². The van der Waals surface area contributed by atoms with E-state index in [0.717, 1.165) is 37.7 Å². The number of ether oxygens (including phenoxy) is 1. The average molecular weight is 491 g/mol. The molecule has 4 aliphatic carbocycles. The molecule has 35 heavy (non-hydrogen) atoms. The molecule has 0 spiro atoms. The molecule has 0 aromatic rings. The molecule has 7 nitrogen and oxygen atoms in total. The molecular weight excluding hydrogens is 448 g/mol. The number of hydrogen-bond acceptors (Lipinski definition) is 7. The van der Waals surface area contributed by atoms with E-state index in [4.69, 9.17) is 4.74 Å². The summed E-state index contributed by atoms with van der Waals surface area (Å²) in [5.74, 6) is -1.13. The van der Waals surface area contributed by atoms with Gasteiger partial charge in [0.25, 0.3) is 0 Å². The van der Waals surface area contributed by atoms with Gasteiger partial charge in [-0.3, -0.25) is 14.4 Å². The monoisotopic (exact) mass is 490 g/mol. The highest BCUT2D eigenvalue weighted by Crippen LogP contribution is 2.67. The Hall–Kier alpha value is -1.57. The molecule has 3 N–H and O–H groups in total. The van der Waals surface area contributed by atoms with Gasteiger partial charge in [-0.1, -0.05) is 45.6 Å². The summed E-state index contributed by atoms with van der Waals surface area (Å²) in [6, 6.07) is 0. The van der Waals surface area contributed by atoms with Crippen LogP contribution in [-0.4, -0.2) is 57.3 Å². The van der Waals surface area contributed by atoms with Gasteiger partial charge in [-0.05, 0) is 56.4 Å². The van der Waals surface area contributed by atoms with Gasteiger partial charge in [-0.2, -0.15) is 0 Å². The zero-order valence-electron chi connectivity index (χ0n) is 21.4. The molecule has 196 valence electrons. The van der Waals surface area contributed by atoms with Crippen LogP contribution in [-0.2, 0) is 19.1 Å². The fraction of sp³-hybridized carbons (Fsp3) is 0.821. The van der Waals surface area contributed by atoms with E-state index in [1.807, 2.05) is 13.8 Å². The summed E-state index contributed by atoms with van der Waals surface area (Å²) in [5.41, 5.74) is -2.21. The molecule has 3 saturated carbocycles. The Labute approximate surface area is 208 Å². The molecule has 0 aromatic heterocycles. The number of fused-ring (bicyclic) bond motifs is 5. The molecule has 7 heteroatoms. The Balaban J connectivity index is 1.63. The molecule has 0 radical (unpaired) electrons. The Kier molecular flexibility index (Phi) is 7.35. The molecule has 0 bridgehead atoms. The maximum Gasteiger partial charge on any atom is 0.306 e. The van der Waals surface area contributed by atoms with Crippen LogP contribution in [0.25, 0.3) is 0 Å². The fourth-order valence-electron chi connectivity index (χ4n) is 8.37. The quantitative estimate of drug-likeness (QED) is 0.353.